The van der Waals surface area contributed by atoms with Gasteiger partial charge in [-0.25, -0.2) is 0 Å². The summed E-state index contributed by atoms with van der Waals surface area (Å²) in [6, 6.07) is 4.70. The molecular formula is C14H25N3. The summed E-state index contributed by atoms with van der Waals surface area (Å²) < 4.78 is 0. The van der Waals surface area contributed by atoms with Crippen molar-refractivity contribution < 1.29 is 0 Å². The van der Waals surface area contributed by atoms with Gasteiger partial charge >= 0.3 is 0 Å². The predicted molar refractivity (Wildman–Crippen MR) is 73.3 cm³/mol. The van der Waals surface area contributed by atoms with E-state index in [1.807, 2.05) is 18.5 Å². The monoisotopic (exact) mass is 235 g/mol. The third kappa shape index (κ3) is 5.29. The second-order valence-corrected chi connectivity index (χ2v) is 5.41. The minimum Gasteiger partial charge on any atom is -0.315 e. The highest BCUT2D eigenvalue weighted by Crippen LogP contribution is 2.20. The van der Waals surface area contributed by atoms with Gasteiger partial charge in [0.1, 0.15) is 0 Å². The van der Waals surface area contributed by atoms with E-state index in [9.17, 15) is 0 Å². The van der Waals surface area contributed by atoms with E-state index in [4.69, 9.17) is 0 Å². The summed E-state index contributed by atoms with van der Waals surface area (Å²) in [6.07, 6.45) is 3.77. The van der Waals surface area contributed by atoms with E-state index in [-0.39, 0.29) is 5.41 Å². The van der Waals surface area contributed by atoms with E-state index in [0.29, 0.717) is 6.04 Å². The van der Waals surface area contributed by atoms with Crippen molar-refractivity contribution >= 4 is 0 Å². The number of hydrogen-bond donors (Lipinski definition) is 2. The Morgan fingerprint density at radius 3 is 2.65 bits per heavy atom. The Morgan fingerprint density at radius 2 is 2.06 bits per heavy atom. The average molecular weight is 235 g/mol. The van der Waals surface area contributed by atoms with E-state index >= 15 is 0 Å². The first-order valence-electron chi connectivity index (χ1n) is 6.37. The van der Waals surface area contributed by atoms with Crippen molar-refractivity contribution in [3.63, 3.8) is 0 Å². The topological polar surface area (TPSA) is 37.0 Å². The summed E-state index contributed by atoms with van der Waals surface area (Å²) in [6.45, 7) is 11.8. The Labute approximate surface area is 105 Å². The molecule has 0 unspecified atom stereocenters. The molecular weight excluding hydrogens is 210 g/mol. The van der Waals surface area contributed by atoms with Crippen LogP contribution in [0.3, 0.4) is 0 Å². The van der Waals surface area contributed by atoms with Crippen LogP contribution in [0.25, 0.3) is 0 Å². The van der Waals surface area contributed by atoms with Crippen LogP contribution in [-0.4, -0.2) is 30.7 Å². The van der Waals surface area contributed by atoms with Crippen molar-refractivity contribution in [2.45, 2.75) is 39.2 Å². The minimum atomic E-state index is 0.131. The Kier molecular flexibility index (Phi) is 5.59. The Balaban J connectivity index is 2.30. The summed E-state index contributed by atoms with van der Waals surface area (Å²) in [4.78, 5) is 4.18. The van der Waals surface area contributed by atoms with Crippen molar-refractivity contribution in [3.05, 3.63) is 30.1 Å². The van der Waals surface area contributed by atoms with Gasteiger partial charge in [-0.3, -0.25) is 4.98 Å². The average Bonchev–Trinajstić information content (AvgIpc) is 2.29. The molecule has 0 aromatic carbocycles. The molecule has 17 heavy (non-hydrogen) atoms. The third-order valence-electron chi connectivity index (χ3n) is 2.86. The molecule has 0 spiro atoms. The second kappa shape index (κ2) is 6.72. The first-order valence-corrected chi connectivity index (χ1v) is 6.37. The molecule has 3 nitrogen and oxygen atoms in total. The van der Waals surface area contributed by atoms with Gasteiger partial charge < -0.3 is 10.6 Å². The van der Waals surface area contributed by atoms with Crippen LogP contribution in [0.4, 0.5) is 0 Å². The van der Waals surface area contributed by atoms with Gasteiger partial charge in [0.2, 0.25) is 0 Å². The number of hydrogen-bond acceptors (Lipinski definition) is 3. The quantitative estimate of drug-likeness (QED) is 0.709. The molecule has 0 bridgehead atoms. The lowest BCUT2D eigenvalue weighted by atomic mass is 9.86. The summed E-state index contributed by atoms with van der Waals surface area (Å²) in [5.74, 6) is 0. The zero-order chi connectivity index (χ0) is 12.7. The molecule has 0 saturated carbocycles. The van der Waals surface area contributed by atoms with Crippen LogP contribution in [-0.2, 0) is 5.41 Å². The van der Waals surface area contributed by atoms with E-state index in [2.05, 4.69) is 49.4 Å². The fourth-order valence-electron chi connectivity index (χ4n) is 1.72. The fraction of sp³-hybridized carbons (Fsp3) is 0.643. The molecule has 0 aliphatic rings. The zero-order valence-electron chi connectivity index (χ0n) is 11.5. The first-order chi connectivity index (χ1) is 8.02. The van der Waals surface area contributed by atoms with Crippen LogP contribution >= 0.6 is 0 Å². The van der Waals surface area contributed by atoms with Crippen molar-refractivity contribution in [2.24, 2.45) is 0 Å². The lowest BCUT2D eigenvalue weighted by Gasteiger charge is -2.25. The van der Waals surface area contributed by atoms with E-state index < -0.39 is 0 Å². The predicted octanol–water partition coefficient (Wildman–Crippen LogP) is 1.95. The van der Waals surface area contributed by atoms with Crippen molar-refractivity contribution in [1.82, 2.24) is 15.6 Å². The number of aromatic nitrogens is 1. The molecule has 1 rings (SSSR count). The van der Waals surface area contributed by atoms with Crippen LogP contribution in [0.5, 0.6) is 0 Å². The SMILES string of the molecule is CC(C)NCCNCC(C)(C)c1cccnc1. The van der Waals surface area contributed by atoms with Crippen molar-refractivity contribution in [2.75, 3.05) is 19.6 Å². The third-order valence-corrected chi connectivity index (χ3v) is 2.86. The van der Waals surface area contributed by atoms with Crippen molar-refractivity contribution in [1.29, 1.82) is 0 Å². The van der Waals surface area contributed by atoms with Crippen LogP contribution < -0.4 is 10.6 Å². The molecule has 0 amide bonds. The molecule has 0 radical (unpaired) electrons. The van der Waals surface area contributed by atoms with Crippen LogP contribution in [0, 0.1) is 0 Å². The van der Waals surface area contributed by atoms with E-state index in [1.165, 1.54) is 5.56 Å². The Bertz CT molecular complexity index is 307. The molecule has 1 heterocycles. The summed E-state index contributed by atoms with van der Waals surface area (Å²) in [5.41, 5.74) is 1.41. The Morgan fingerprint density at radius 1 is 1.29 bits per heavy atom. The highest BCUT2D eigenvalue weighted by atomic mass is 15.0. The van der Waals surface area contributed by atoms with E-state index in [0.717, 1.165) is 19.6 Å². The smallest absolute Gasteiger partial charge is 0.0305 e. The minimum absolute atomic E-state index is 0.131. The van der Waals surface area contributed by atoms with Gasteiger partial charge in [0.15, 0.2) is 0 Å². The molecule has 0 aliphatic carbocycles. The first kappa shape index (κ1) is 14.1. The highest BCUT2D eigenvalue weighted by molar-refractivity contribution is 5.19. The van der Waals surface area contributed by atoms with E-state index in [1.54, 1.807) is 0 Å². The van der Waals surface area contributed by atoms with Crippen LogP contribution in [0.15, 0.2) is 24.5 Å². The maximum absolute atomic E-state index is 4.18. The maximum atomic E-state index is 4.18. The van der Waals surface area contributed by atoms with Gasteiger partial charge in [0.25, 0.3) is 0 Å². The number of pyridine rings is 1. The number of nitrogens with one attached hydrogen (secondary N) is 2. The van der Waals surface area contributed by atoms with Gasteiger partial charge in [0, 0.05) is 43.5 Å². The van der Waals surface area contributed by atoms with Gasteiger partial charge in [-0.2, -0.15) is 0 Å². The molecule has 1 aromatic heterocycles. The van der Waals surface area contributed by atoms with Gasteiger partial charge in [-0.15, -0.1) is 0 Å². The molecule has 0 fully saturated rings. The standard InChI is InChI=1S/C14H25N3/c1-12(2)17-9-8-16-11-14(3,4)13-6-5-7-15-10-13/h5-7,10,12,16-17H,8-9,11H2,1-4H3. The largest absolute Gasteiger partial charge is 0.315 e. The van der Waals surface area contributed by atoms with Gasteiger partial charge in [0.05, 0.1) is 0 Å². The molecule has 1 aromatic rings. The zero-order valence-corrected chi connectivity index (χ0v) is 11.5. The summed E-state index contributed by atoms with van der Waals surface area (Å²) in [5, 5.41) is 6.89. The molecule has 0 aliphatic heterocycles. The Hall–Kier alpha value is -0.930. The molecule has 96 valence electrons. The number of rotatable bonds is 7. The van der Waals surface area contributed by atoms with Crippen LogP contribution in [0.2, 0.25) is 0 Å². The van der Waals surface area contributed by atoms with Crippen LogP contribution in [0.1, 0.15) is 33.3 Å². The summed E-state index contributed by atoms with van der Waals surface area (Å²) >= 11 is 0. The molecule has 0 saturated heterocycles. The number of nitrogens with zero attached hydrogens (tertiary/aromatic N) is 1. The lowest BCUT2D eigenvalue weighted by molar-refractivity contribution is 0.457. The molecule has 3 heteroatoms. The fourth-order valence-corrected chi connectivity index (χ4v) is 1.72. The van der Waals surface area contributed by atoms with Gasteiger partial charge in [-0.05, 0) is 11.6 Å². The maximum Gasteiger partial charge on any atom is 0.0305 e. The highest BCUT2D eigenvalue weighted by Gasteiger charge is 2.19. The lowest BCUT2D eigenvalue weighted by Crippen LogP contribution is -2.38. The second-order valence-electron chi connectivity index (χ2n) is 5.41. The van der Waals surface area contributed by atoms with Crippen molar-refractivity contribution in [3.8, 4) is 0 Å². The van der Waals surface area contributed by atoms with Gasteiger partial charge in [-0.1, -0.05) is 33.8 Å². The molecule has 2 N–H and O–H groups in total. The molecule has 0 atom stereocenters. The normalized spacial score (nSPS) is 12.1. The summed E-state index contributed by atoms with van der Waals surface area (Å²) in [7, 11) is 0.